The Hall–Kier alpha value is -1.73. The second-order valence-electron chi connectivity index (χ2n) is 6.41. The third-order valence-electron chi connectivity index (χ3n) is 4.95. The second kappa shape index (κ2) is 6.05. The summed E-state index contributed by atoms with van der Waals surface area (Å²) in [5.41, 5.74) is -0.691. The van der Waals surface area contributed by atoms with Crippen molar-refractivity contribution in [2.45, 2.75) is 6.54 Å². The SMILES string of the molecule is COc1ccc(F)c(CNC(=O)[C@@]23CNC[C@@H]2CN(C)C3)c1F. The number of nitrogens with zero attached hydrogens (tertiary/aromatic N) is 1. The molecule has 0 bridgehead atoms. The van der Waals surface area contributed by atoms with Gasteiger partial charge in [-0.25, -0.2) is 8.78 Å². The lowest BCUT2D eigenvalue weighted by Gasteiger charge is -2.26. The van der Waals surface area contributed by atoms with Gasteiger partial charge in [0.05, 0.1) is 12.5 Å². The van der Waals surface area contributed by atoms with E-state index in [-0.39, 0.29) is 29.7 Å². The van der Waals surface area contributed by atoms with Gasteiger partial charge in [0.2, 0.25) is 5.91 Å². The maximum absolute atomic E-state index is 14.2. The molecule has 2 aliphatic rings. The normalized spacial score (nSPS) is 27.0. The summed E-state index contributed by atoms with van der Waals surface area (Å²) in [6, 6.07) is 2.38. The number of rotatable bonds is 4. The van der Waals surface area contributed by atoms with E-state index in [2.05, 4.69) is 15.5 Å². The average Bonchev–Trinajstić information content (AvgIpc) is 3.03. The molecule has 1 aromatic rings. The first kappa shape index (κ1) is 16.1. The topological polar surface area (TPSA) is 53.6 Å². The number of methoxy groups -OCH3 is 1. The highest BCUT2D eigenvalue weighted by Crippen LogP contribution is 2.38. The maximum atomic E-state index is 14.2. The van der Waals surface area contributed by atoms with E-state index < -0.39 is 17.0 Å². The number of benzene rings is 1. The Labute approximate surface area is 134 Å². The monoisotopic (exact) mass is 325 g/mol. The van der Waals surface area contributed by atoms with Crippen LogP contribution >= 0.6 is 0 Å². The number of nitrogens with one attached hydrogen (secondary N) is 2. The number of hydrogen-bond donors (Lipinski definition) is 2. The molecule has 0 saturated carbocycles. The zero-order chi connectivity index (χ0) is 16.6. The molecule has 1 aromatic carbocycles. The molecule has 126 valence electrons. The van der Waals surface area contributed by atoms with E-state index in [0.29, 0.717) is 13.1 Å². The van der Waals surface area contributed by atoms with Crippen LogP contribution in [0.5, 0.6) is 5.75 Å². The van der Waals surface area contributed by atoms with Crippen molar-refractivity contribution in [2.75, 3.05) is 40.3 Å². The van der Waals surface area contributed by atoms with Gasteiger partial charge in [-0.3, -0.25) is 4.79 Å². The van der Waals surface area contributed by atoms with E-state index in [1.54, 1.807) is 0 Å². The van der Waals surface area contributed by atoms with E-state index >= 15 is 0 Å². The number of ether oxygens (including phenoxy) is 1. The fraction of sp³-hybridized carbons (Fsp3) is 0.562. The van der Waals surface area contributed by atoms with Crippen molar-refractivity contribution in [3.05, 3.63) is 29.3 Å². The van der Waals surface area contributed by atoms with Crippen LogP contribution in [-0.4, -0.2) is 51.1 Å². The van der Waals surface area contributed by atoms with Crippen molar-refractivity contribution in [1.82, 2.24) is 15.5 Å². The van der Waals surface area contributed by atoms with Crippen LogP contribution in [-0.2, 0) is 11.3 Å². The zero-order valence-electron chi connectivity index (χ0n) is 13.3. The Bertz CT molecular complexity index is 626. The van der Waals surface area contributed by atoms with Crippen LogP contribution in [0.2, 0.25) is 0 Å². The molecule has 1 amide bonds. The smallest absolute Gasteiger partial charge is 0.229 e. The number of hydrogen-bond acceptors (Lipinski definition) is 4. The number of amides is 1. The fourth-order valence-corrected chi connectivity index (χ4v) is 3.73. The minimum Gasteiger partial charge on any atom is -0.494 e. The Morgan fingerprint density at radius 1 is 1.52 bits per heavy atom. The van der Waals surface area contributed by atoms with Crippen molar-refractivity contribution in [3.63, 3.8) is 0 Å². The molecule has 0 radical (unpaired) electrons. The van der Waals surface area contributed by atoms with Crippen molar-refractivity contribution < 1.29 is 18.3 Å². The minimum atomic E-state index is -0.769. The first-order valence-electron chi connectivity index (χ1n) is 7.66. The molecular weight excluding hydrogens is 304 g/mol. The van der Waals surface area contributed by atoms with E-state index in [1.807, 2.05) is 7.05 Å². The van der Waals surface area contributed by atoms with E-state index in [4.69, 9.17) is 4.74 Å². The molecule has 2 aliphatic heterocycles. The number of halogens is 2. The average molecular weight is 325 g/mol. The summed E-state index contributed by atoms with van der Waals surface area (Å²) in [6.07, 6.45) is 0. The number of fused-ring (bicyclic) bond motifs is 1. The van der Waals surface area contributed by atoms with Crippen LogP contribution in [0.1, 0.15) is 5.56 Å². The van der Waals surface area contributed by atoms with Crippen LogP contribution in [0.3, 0.4) is 0 Å². The summed E-state index contributed by atoms with van der Waals surface area (Å²) in [7, 11) is 3.30. The molecule has 0 unspecified atom stereocenters. The third-order valence-corrected chi connectivity index (χ3v) is 4.95. The van der Waals surface area contributed by atoms with Crippen molar-refractivity contribution in [3.8, 4) is 5.75 Å². The van der Waals surface area contributed by atoms with Gasteiger partial charge in [-0.15, -0.1) is 0 Å². The van der Waals surface area contributed by atoms with Crippen molar-refractivity contribution >= 4 is 5.91 Å². The van der Waals surface area contributed by atoms with Crippen molar-refractivity contribution in [1.29, 1.82) is 0 Å². The predicted molar refractivity (Wildman–Crippen MR) is 81.0 cm³/mol. The Balaban J connectivity index is 1.75. The van der Waals surface area contributed by atoms with Gasteiger partial charge in [0.1, 0.15) is 5.82 Å². The molecular formula is C16H21F2N3O2. The lowest BCUT2D eigenvalue weighted by molar-refractivity contribution is -0.130. The van der Waals surface area contributed by atoms with E-state index in [1.165, 1.54) is 13.2 Å². The molecule has 2 atom stereocenters. The Morgan fingerprint density at radius 2 is 2.30 bits per heavy atom. The molecule has 2 N–H and O–H groups in total. The first-order chi connectivity index (χ1) is 11.0. The summed E-state index contributed by atoms with van der Waals surface area (Å²) in [6.45, 7) is 2.70. The fourth-order valence-electron chi connectivity index (χ4n) is 3.73. The molecule has 0 aliphatic carbocycles. The number of carbonyl (C=O) groups excluding carboxylic acids is 1. The van der Waals surface area contributed by atoms with Crippen LogP contribution in [0.15, 0.2) is 12.1 Å². The number of likely N-dealkylation sites (tertiary alicyclic amines) is 1. The maximum Gasteiger partial charge on any atom is 0.229 e. The van der Waals surface area contributed by atoms with Crippen LogP contribution in [0.4, 0.5) is 8.78 Å². The highest BCUT2D eigenvalue weighted by Gasteiger charge is 2.53. The summed E-state index contributed by atoms with van der Waals surface area (Å²) >= 11 is 0. The van der Waals surface area contributed by atoms with Crippen molar-refractivity contribution in [2.24, 2.45) is 11.3 Å². The van der Waals surface area contributed by atoms with E-state index in [0.717, 1.165) is 19.2 Å². The summed E-state index contributed by atoms with van der Waals surface area (Å²) in [4.78, 5) is 14.8. The lowest BCUT2D eigenvalue weighted by Crippen LogP contribution is -2.47. The molecule has 23 heavy (non-hydrogen) atoms. The van der Waals surface area contributed by atoms with E-state index in [9.17, 15) is 13.6 Å². The van der Waals surface area contributed by atoms with Gasteiger partial charge in [0, 0.05) is 44.2 Å². The molecule has 2 fully saturated rings. The standard InChI is InChI=1S/C16H21F2N3O2/c1-21-7-10-5-19-8-16(10,9-21)15(22)20-6-11-12(17)3-4-13(23-2)14(11)18/h3-4,10,19H,5-9H2,1-2H3,(H,20,22)/t10-,16-/m1/s1. The Kier molecular flexibility index (Phi) is 4.25. The summed E-state index contributed by atoms with van der Waals surface area (Å²) in [5.74, 6) is -1.42. The van der Waals surface area contributed by atoms with Crippen LogP contribution in [0, 0.1) is 23.0 Å². The summed E-state index contributed by atoms with van der Waals surface area (Å²) < 4.78 is 32.9. The molecule has 2 saturated heterocycles. The molecule has 2 heterocycles. The predicted octanol–water partition coefficient (Wildman–Crippen LogP) is 0.741. The minimum absolute atomic E-state index is 0.0326. The highest BCUT2D eigenvalue weighted by atomic mass is 19.1. The first-order valence-corrected chi connectivity index (χ1v) is 7.66. The van der Waals surface area contributed by atoms with Gasteiger partial charge < -0.3 is 20.3 Å². The van der Waals surface area contributed by atoms with Gasteiger partial charge >= 0.3 is 0 Å². The summed E-state index contributed by atoms with van der Waals surface area (Å²) in [5, 5.41) is 5.97. The molecule has 0 aromatic heterocycles. The lowest BCUT2D eigenvalue weighted by atomic mass is 9.80. The second-order valence-corrected chi connectivity index (χ2v) is 6.41. The van der Waals surface area contributed by atoms with Gasteiger partial charge in [0.15, 0.2) is 11.6 Å². The molecule has 7 heteroatoms. The van der Waals surface area contributed by atoms with Gasteiger partial charge in [-0.05, 0) is 19.2 Å². The quantitative estimate of drug-likeness (QED) is 0.857. The Morgan fingerprint density at radius 3 is 3.04 bits per heavy atom. The largest absolute Gasteiger partial charge is 0.494 e. The third kappa shape index (κ3) is 2.68. The zero-order valence-corrected chi connectivity index (χ0v) is 13.3. The molecule has 3 rings (SSSR count). The van der Waals surface area contributed by atoms with Gasteiger partial charge in [-0.2, -0.15) is 0 Å². The molecule has 0 spiro atoms. The number of carbonyl (C=O) groups is 1. The highest BCUT2D eigenvalue weighted by molar-refractivity contribution is 5.84. The van der Waals surface area contributed by atoms with Crippen LogP contribution in [0.25, 0.3) is 0 Å². The van der Waals surface area contributed by atoms with Gasteiger partial charge in [-0.1, -0.05) is 0 Å². The van der Waals surface area contributed by atoms with Gasteiger partial charge in [0.25, 0.3) is 0 Å². The van der Waals surface area contributed by atoms with Crippen LogP contribution < -0.4 is 15.4 Å². The molecule has 5 nitrogen and oxygen atoms in total.